The van der Waals surface area contributed by atoms with Crippen molar-refractivity contribution >= 4 is 21.6 Å². The van der Waals surface area contributed by atoms with Crippen LogP contribution >= 0.6 is 15.9 Å². The van der Waals surface area contributed by atoms with Crippen LogP contribution in [0.1, 0.15) is 12.5 Å². The second-order valence-corrected chi connectivity index (χ2v) is 5.10. The Labute approximate surface area is 118 Å². The molecule has 100 valence electrons. The van der Waals surface area contributed by atoms with Crippen molar-refractivity contribution in [1.29, 1.82) is 0 Å². The zero-order valence-corrected chi connectivity index (χ0v) is 11.9. The zero-order chi connectivity index (χ0) is 13.8. The highest BCUT2D eigenvalue weighted by molar-refractivity contribution is 9.10. The van der Waals surface area contributed by atoms with Gasteiger partial charge in [-0.3, -0.25) is 4.79 Å². The Morgan fingerprint density at radius 3 is 2.79 bits per heavy atom. The summed E-state index contributed by atoms with van der Waals surface area (Å²) in [6.07, 6.45) is 2.27. The van der Waals surface area contributed by atoms with Gasteiger partial charge in [0.1, 0.15) is 10.3 Å². The average molecular weight is 326 g/mol. The first-order valence-corrected chi connectivity index (χ1v) is 6.59. The molecule has 0 aliphatic carbocycles. The summed E-state index contributed by atoms with van der Waals surface area (Å²) in [6.45, 7) is 1.98. The van der Waals surface area contributed by atoms with Gasteiger partial charge in [0.15, 0.2) is 0 Å². The molecule has 0 radical (unpaired) electrons. The van der Waals surface area contributed by atoms with Crippen molar-refractivity contribution in [2.45, 2.75) is 19.4 Å². The molecule has 0 amide bonds. The van der Waals surface area contributed by atoms with Crippen molar-refractivity contribution in [2.75, 3.05) is 5.32 Å². The lowest BCUT2D eigenvalue weighted by Gasteiger charge is -2.15. The van der Waals surface area contributed by atoms with Gasteiger partial charge in [-0.1, -0.05) is 12.1 Å². The van der Waals surface area contributed by atoms with E-state index in [1.807, 2.05) is 6.92 Å². The van der Waals surface area contributed by atoms with Crippen LogP contribution in [-0.2, 0) is 6.42 Å². The molecule has 2 rings (SSSR count). The summed E-state index contributed by atoms with van der Waals surface area (Å²) < 4.78 is 13.2. The van der Waals surface area contributed by atoms with E-state index in [2.05, 4.69) is 31.4 Å². The Morgan fingerprint density at radius 1 is 1.42 bits per heavy atom. The topological polar surface area (TPSA) is 57.8 Å². The second-order valence-electron chi connectivity index (χ2n) is 4.30. The first-order valence-electron chi connectivity index (χ1n) is 5.80. The summed E-state index contributed by atoms with van der Waals surface area (Å²) in [5.74, 6) is -0.245. The highest BCUT2D eigenvalue weighted by Gasteiger charge is 2.08. The van der Waals surface area contributed by atoms with Crippen molar-refractivity contribution in [2.24, 2.45) is 0 Å². The van der Waals surface area contributed by atoms with Crippen LogP contribution in [0.5, 0.6) is 0 Å². The fraction of sp³-hybridized carbons (Fsp3) is 0.231. The maximum absolute atomic E-state index is 12.8. The SMILES string of the molecule is CC(Cc1ccc(F)cc1)Nc1cn[nH]c(=O)c1Br. The predicted octanol–water partition coefficient (Wildman–Crippen LogP) is 2.71. The molecule has 0 saturated carbocycles. The van der Waals surface area contributed by atoms with Gasteiger partial charge in [-0.05, 0) is 47.0 Å². The molecule has 0 saturated heterocycles. The first-order chi connectivity index (χ1) is 9.06. The summed E-state index contributed by atoms with van der Waals surface area (Å²) in [6, 6.07) is 6.46. The molecule has 2 aromatic rings. The molecular weight excluding hydrogens is 313 g/mol. The molecule has 0 fully saturated rings. The van der Waals surface area contributed by atoms with E-state index in [1.54, 1.807) is 18.3 Å². The average Bonchev–Trinajstić information content (AvgIpc) is 2.38. The van der Waals surface area contributed by atoms with Gasteiger partial charge in [0.05, 0.1) is 11.9 Å². The van der Waals surface area contributed by atoms with Crippen molar-refractivity contribution in [3.8, 4) is 0 Å². The van der Waals surface area contributed by atoms with E-state index in [0.717, 1.165) is 12.0 Å². The molecule has 1 atom stereocenters. The van der Waals surface area contributed by atoms with Gasteiger partial charge >= 0.3 is 0 Å². The lowest BCUT2D eigenvalue weighted by molar-refractivity contribution is 0.626. The quantitative estimate of drug-likeness (QED) is 0.908. The summed E-state index contributed by atoms with van der Waals surface area (Å²) in [5.41, 5.74) is 1.38. The van der Waals surface area contributed by atoms with Gasteiger partial charge in [-0.15, -0.1) is 0 Å². The molecule has 2 N–H and O–H groups in total. The van der Waals surface area contributed by atoms with Crippen molar-refractivity contribution in [3.05, 3.63) is 56.7 Å². The molecule has 0 spiro atoms. The lowest BCUT2D eigenvalue weighted by atomic mass is 10.1. The molecule has 19 heavy (non-hydrogen) atoms. The second kappa shape index (κ2) is 5.97. The summed E-state index contributed by atoms with van der Waals surface area (Å²) in [4.78, 5) is 11.4. The molecule has 1 aromatic carbocycles. The van der Waals surface area contributed by atoms with E-state index in [4.69, 9.17) is 0 Å². The number of anilines is 1. The van der Waals surface area contributed by atoms with E-state index in [0.29, 0.717) is 10.2 Å². The third kappa shape index (κ3) is 3.64. The molecule has 1 aromatic heterocycles. The maximum Gasteiger partial charge on any atom is 0.280 e. The molecule has 0 aliphatic rings. The number of aromatic nitrogens is 2. The molecule has 0 bridgehead atoms. The zero-order valence-electron chi connectivity index (χ0n) is 10.3. The summed E-state index contributed by atoms with van der Waals surface area (Å²) in [7, 11) is 0. The Bertz CT molecular complexity index is 612. The van der Waals surface area contributed by atoms with Gasteiger partial charge < -0.3 is 5.32 Å². The number of H-pyrrole nitrogens is 1. The highest BCUT2D eigenvalue weighted by atomic mass is 79.9. The Hall–Kier alpha value is -1.69. The normalized spacial score (nSPS) is 12.2. The Balaban J connectivity index is 2.05. The Morgan fingerprint density at radius 2 is 2.11 bits per heavy atom. The van der Waals surface area contributed by atoms with Crippen LogP contribution in [0.25, 0.3) is 0 Å². The van der Waals surface area contributed by atoms with Crippen LogP contribution in [0.3, 0.4) is 0 Å². The van der Waals surface area contributed by atoms with E-state index >= 15 is 0 Å². The van der Waals surface area contributed by atoms with Crippen LogP contribution in [0, 0.1) is 5.82 Å². The molecule has 4 nitrogen and oxygen atoms in total. The van der Waals surface area contributed by atoms with Crippen LogP contribution in [-0.4, -0.2) is 16.2 Å². The van der Waals surface area contributed by atoms with E-state index < -0.39 is 0 Å². The summed E-state index contributed by atoms with van der Waals surface area (Å²) >= 11 is 3.21. The fourth-order valence-corrected chi connectivity index (χ4v) is 2.08. The lowest BCUT2D eigenvalue weighted by Crippen LogP contribution is -2.21. The minimum atomic E-state index is -0.279. The minimum Gasteiger partial charge on any atom is -0.380 e. The van der Waals surface area contributed by atoms with Crippen LogP contribution in [0.4, 0.5) is 10.1 Å². The largest absolute Gasteiger partial charge is 0.380 e. The van der Waals surface area contributed by atoms with Gasteiger partial charge in [-0.2, -0.15) is 5.10 Å². The third-order valence-electron chi connectivity index (χ3n) is 2.65. The minimum absolute atomic E-state index is 0.0883. The monoisotopic (exact) mass is 325 g/mol. The van der Waals surface area contributed by atoms with Gasteiger partial charge in [0.25, 0.3) is 5.56 Å². The van der Waals surface area contributed by atoms with E-state index in [1.165, 1.54) is 12.1 Å². The van der Waals surface area contributed by atoms with Crippen LogP contribution in [0.15, 0.2) is 39.7 Å². The highest BCUT2D eigenvalue weighted by Crippen LogP contribution is 2.17. The summed E-state index contributed by atoms with van der Waals surface area (Å²) in [5, 5.41) is 9.26. The smallest absolute Gasteiger partial charge is 0.280 e. The van der Waals surface area contributed by atoms with E-state index in [9.17, 15) is 9.18 Å². The van der Waals surface area contributed by atoms with E-state index in [-0.39, 0.29) is 17.4 Å². The fourth-order valence-electron chi connectivity index (χ4n) is 1.77. The molecule has 0 aliphatic heterocycles. The molecule has 1 unspecified atom stereocenters. The number of aromatic amines is 1. The number of hydrogen-bond donors (Lipinski definition) is 2. The number of hydrogen-bond acceptors (Lipinski definition) is 3. The van der Waals surface area contributed by atoms with Crippen molar-refractivity contribution in [1.82, 2.24) is 10.2 Å². The Kier molecular flexibility index (Phi) is 4.31. The number of nitrogens with one attached hydrogen (secondary N) is 2. The standard InChI is InChI=1S/C13H13BrFN3O/c1-8(6-9-2-4-10(15)5-3-9)17-11-7-16-18-13(19)12(11)14/h2-5,7-8H,6H2,1H3,(H2,17,18,19). The van der Waals surface area contributed by atoms with Gasteiger partial charge in [0, 0.05) is 6.04 Å². The third-order valence-corrected chi connectivity index (χ3v) is 3.44. The van der Waals surface area contributed by atoms with Crippen LogP contribution in [0.2, 0.25) is 0 Å². The maximum atomic E-state index is 12.8. The van der Waals surface area contributed by atoms with Crippen molar-refractivity contribution in [3.63, 3.8) is 0 Å². The number of rotatable bonds is 4. The number of nitrogens with zero attached hydrogens (tertiary/aromatic N) is 1. The molecular formula is C13H13BrFN3O. The molecule has 6 heteroatoms. The molecule has 1 heterocycles. The van der Waals surface area contributed by atoms with Crippen LogP contribution < -0.4 is 10.9 Å². The van der Waals surface area contributed by atoms with Gasteiger partial charge in [-0.25, -0.2) is 9.49 Å². The predicted molar refractivity (Wildman–Crippen MR) is 75.7 cm³/mol. The number of benzene rings is 1. The van der Waals surface area contributed by atoms with Crippen molar-refractivity contribution < 1.29 is 4.39 Å². The first kappa shape index (κ1) is 13.7. The van der Waals surface area contributed by atoms with Gasteiger partial charge in [0.2, 0.25) is 0 Å². The number of halogens is 2.